The second-order valence-electron chi connectivity index (χ2n) is 4.02. The SMILES string of the molecule is CC1=CCN(C(=O)c2occc2C(=O)O)CC1. The lowest BCUT2D eigenvalue weighted by atomic mass is 10.1. The molecule has 1 aliphatic rings. The number of carboxylic acids is 1. The Balaban J connectivity index is 2.20. The van der Waals surface area contributed by atoms with Crippen LogP contribution >= 0.6 is 0 Å². The molecule has 0 bridgehead atoms. The predicted octanol–water partition coefficient (Wildman–Crippen LogP) is 1.77. The molecule has 5 nitrogen and oxygen atoms in total. The molecule has 1 amide bonds. The Kier molecular flexibility index (Phi) is 2.99. The van der Waals surface area contributed by atoms with Gasteiger partial charge in [-0.1, -0.05) is 11.6 Å². The largest absolute Gasteiger partial charge is 0.478 e. The Morgan fingerprint density at radius 3 is 2.82 bits per heavy atom. The third-order valence-electron chi connectivity index (χ3n) is 2.81. The molecule has 0 saturated heterocycles. The van der Waals surface area contributed by atoms with Crippen LogP contribution in [-0.4, -0.2) is 35.0 Å². The summed E-state index contributed by atoms with van der Waals surface area (Å²) in [6.07, 6.45) is 4.00. The van der Waals surface area contributed by atoms with E-state index in [0.717, 1.165) is 6.42 Å². The first-order valence-electron chi connectivity index (χ1n) is 5.35. The van der Waals surface area contributed by atoms with Crippen molar-refractivity contribution in [2.24, 2.45) is 0 Å². The van der Waals surface area contributed by atoms with E-state index in [-0.39, 0.29) is 17.2 Å². The van der Waals surface area contributed by atoms with Gasteiger partial charge in [0, 0.05) is 13.1 Å². The first-order chi connectivity index (χ1) is 8.09. The van der Waals surface area contributed by atoms with Crippen molar-refractivity contribution in [3.05, 3.63) is 35.3 Å². The van der Waals surface area contributed by atoms with Crippen LogP contribution in [0.4, 0.5) is 0 Å². The van der Waals surface area contributed by atoms with Gasteiger partial charge in [-0.05, 0) is 19.4 Å². The number of rotatable bonds is 2. The monoisotopic (exact) mass is 235 g/mol. The zero-order valence-electron chi connectivity index (χ0n) is 9.47. The van der Waals surface area contributed by atoms with Gasteiger partial charge in [0.25, 0.3) is 5.91 Å². The van der Waals surface area contributed by atoms with Crippen LogP contribution in [0.25, 0.3) is 0 Å². The van der Waals surface area contributed by atoms with Crippen molar-refractivity contribution >= 4 is 11.9 Å². The van der Waals surface area contributed by atoms with Crippen LogP contribution in [0.5, 0.6) is 0 Å². The highest BCUT2D eigenvalue weighted by Crippen LogP contribution is 2.17. The average Bonchev–Trinajstić information content (AvgIpc) is 2.78. The number of hydrogen-bond acceptors (Lipinski definition) is 3. The minimum atomic E-state index is -1.15. The molecule has 0 saturated carbocycles. The van der Waals surface area contributed by atoms with Gasteiger partial charge in [-0.15, -0.1) is 0 Å². The van der Waals surface area contributed by atoms with E-state index in [4.69, 9.17) is 9.52 Å². The van der Waals surface area contributed by atoms with Gasteiger partial charge in [-0.2, -0.15) is 0 Å². The van der Waals surface area contributed by atoms with Crippen molar-refractivity contribution in [1.82, 2.24) is 4.90 Å². The first-order valence-corrected chi connectivity index (χ1v) is 5.35. The average molecular weight is 235 g/mol. The highest BCUT2D eigenvalue weighted by atomic mass is 16.4. The third kappa shape index (κ3) is 2.22. The van der Waals surface area contributed by atoms with Crippen LogP contribution in [0, 0.1) is 0 Å². The number of amides is 1. The fourth-order valence-electron chi connectivity index (χ4n) is 1.74. The summed E-state index contributed by atoms with van der Waals surface area (Å²) < 4.78 is 4.98. The van der Waals surface area contributed by atoms with E-state index >= 15 is 0 Å². The van der Waals surface area contributed by atoms with Gasteiger partial charge in [0.05, 0.1) is 6.26 Å². The molecule has 0 radical (unpaired) electrons. The van der Waals surface area contributed by atoms with Gasteiger partial charge in [-0.3, -0.25) is 4.79 Å². The molecule has 90 valence electrons. The van der Waals surface area contributed by atoms with Crippen LogP contribution in [0.2, 0.25) is 0 Å². The Morgan fingerprint density at radius 2 is 2.24 bits per heavy atom. The quantitative estimate of drug-likeness (QED) is 0.793. The molecule has 0 unspecified atom stereocenters. The maximum Gasteiger partial charge on any atom is 0.339 e. The maximum absolute atomic E-state index is 12.0. The van der Waals surface area contributed by atoms with Crippen molar-refractivity contribution in [2.45, 2.75) is 13.3 Å². The van der Waals surface area contributed by atoms with Gasteiger partial charge in [0.15, 0.2) is 0 Å². The van der Waals surface area contributed by atoms with E-state index in [1.807, 2.05) is 13.0 Å². The molecule has 0 spiro atoms. The first kappa shape index (κ1) is 11.4. The van der Waals surface area contributed by atoms with Gasteiger partial charge in [0.1, 0.15) is 5.56 Å². The minimum Gasteiger partial charge on any atom is -0.478 e. The molecule has 0 fully saturated rings. The molecular formula is C12H13NO4. The smallest absolute Gasteiger partial charge is 0.339 e. The molecule has 1 aliphatic heterocycles. The zero-order valence-corrected chi connectivity index (χ0v) is 9.47. The molecule has 2 heterocycles. The lowest BCUT2D eigenvalue weighted by Gasteiger charge is -2.24. The zero-order chi connectivity index (χ0) is 12.4. The van der Waals surface area contributed by atoms with Crippen LogP contribution in [-0.2, 0) is 0 Å². The summed E-state index contributed by atoms with van der Waals surface area (Å²) in [5, 5.41) is 8.90. The van der Waals surface area contributed by atoms with Gasteiger partial charge >= 0.3 is 5.97 Å². The number of nitrogens with zero attached hydrogens (tertiary/aromatic N) is 1. The van der Waals surface area contributed by atoms with E-state index in [1.54, 1.807) is 4.90 Å². The van der Waals surface area contributed by atoms with Crippen molar-refractivity contribution in [1.29, 1.82) is 0 Å². The second-order valence-corrected chi connectivity index (χ2v) is 4.02. The fraction of sp³-hybridized carbons (Fsp3) is 0.333. The summed E-state index contributed by atoms with van der Waals surface area (Å²) in [5.41, 5.74) is 1.16. The molecule has 17 heavy (non-hydrogen) atoms. The molecule has 1 aromatic rings. The number of furan rings is 1. The van der Waals surface area contributed by atoms with Crippen molar-refractivity contribution < 1.29 is 19.1 Å². The van der Waals surface area contributed by atoms with Crippen LogP contribution in [0.1, 0.15) is 34.3 Å². The fourth-order valence-corrected chi connectivity index (χ4v) is 1.74. The molecular weight excluding hydrogens is 222 g/mol. The Morgan fingerprint density at radius 1 is 1.47 bits per heavy atom. The lowest BCUT2D eigenvalue weighted by Crippen LogP contribution is -2.35. The summed E-state index contributed by atoms with van der Waals surface area (Å²) in [5.74, 6) is -1.60. The minimum absolute atomic E-state index is 0.0822. The second kappa shape index (κ2) is 4.45. The summed E-state index contributed by atoms with van der Waals surface area (Å²) in [6, 6.07) is 1.29. The van der Waals surface area contributed by atoms with E-state index in [2.05, 4.69) is 0 Å². The molecule has 0 aromatic carbocycles. The van der Waals surface area contributed by atoms with Crippen LogP contribution in [0.3, 0.4) is 0 Å². The van der Waals surface area contributed by atoms with E-state index < -0.39 is 5.97 Å². The van der Waals surface area contributed by atoms with Crippen LogP contribution < -0.4 is 0 Å². The molecule has 1 aromatic heterocycles. The summed E-state index contributed by atoms with van der Waals surface area (Å²) in [7, 11) is 0. The normalized spacial score (nSPS) is 15.6. The summed E-state index contributed by atoms with van der Waals surface area (Å²) >= 11 is 0. The molecule has 1 N–H and O–H groups in total. The summed E-state index contributed by atoms with van der Waals surface area (Å²) in [6.45, 7) is 3.11. The van der Waals surface area contributed by atoms with Crippen molar-refractivity contribution in [3.8, 4) is 0 Å². The predicted molar refractivity (Wildman–Crippen MR) is 59.9 cm³/mol. The number of hydrogen-bond donors (Lipinski definition) is 1. The number of aromatic carboxylic acids is 1. The lowest BCUT2D eigenvalue weighted by molar-refractivity contribution is 0.0665. The van der Waals surface area contributed by atoms with Crippen LogP contribution in [0.15, 0.2) is 28.4 Å². The standard InChI is InChI=1S/C12H13NO4/c1-8-2-5-13(6-3-8)11(14)10-9(12(15)16)4-7-17-10/h2,4,7H,3,5-6H2,1H3,(H,15,16). The molecule has 0 aliphatic carbocycles. The highest BCUT2D eigenvalue weighted by Gasteiger charge is 2.25. The highest BCUT2D eigenvalue weighted by molar-refractivity contribution is 6.02. The third-order valence-corrected chi connectivity index (χ3v) is 2.81. The van der Waals surface area contributed by atoms with Gasteiger partial charge in [-0.25, -0.2) is 4.79 Å². The summed E-state index contributed by atoms with van der Waals surface area (Å²) in [4.78, 5) is 24.5. The molecule has 2 rings (SSSR count). The number of carbonyl (C=O) groups excluding carboxylic acids is 1. The number of carboxylic acid groups (broad SMARTS) is 1. The van der Waals surface area contributed by atoms with Gasteiger partial charge < -0.3 is 14.4 Å². The topological polar surface area (TPSA) is 70.8 Å². The molecule has 5 heteroatoms. The maximum atomic E-state index is 12.0. The van der Waals surface area contributed by atoms with E-state index in [1.165, 1.54) is 17.9 Å². The van der Waals surface area contributed by atoms with Gasteiger partial charge in [0.2, 0.25) is 5.76 Å². The van der Waals surface area contributed by atoms with E-state index in [9.17, 15) is 9.59 Å². The van der Waals surface area contributed by atoms with Crippen molar-refractivity contribution in [2.75, 3.05) is 13.1 Å². The van der Waals surface area contributed by atoms with Crippen molar-refractivity contribution in [3.63, 3.8) is 0 Å². The Labute approximate surface area is 98.3 Å². The molecule has 0 atom stereocenters. The Bertz CT molecular complexity index is 486. The Hall–Kier alpha value is -2.04. The number of carbonyl (C=O) groups is 2. The van der Waals surface area contributed by atoms with E-state index in [0.29, 0.717) is 13.1 Å².